The first-order valence-corrected chi connectivity index (χ1v) is 8.80. The minimum absolute atomic E-state index is 0.767. The molecule has 4 heteroatoms. The molecule has 0 spiro atoms. The van der Waals surface area contributed by atoms with Gasteiger partial charge in [-0.1, -0.05) is 42.5 Å². The third kappa shape index (κ3) is 2.27. The van der Waals surface area contributed by atoms with Gasteiger partial charge in [0.2, 0.25) is 0 Å². The van der Waals surface area contributed by atoms with Gasteiger partial charge in [-0.05, 0) is 23.6 Å². The Labute approximate surface area is 142 Å². The highest BCUT2D eigenvalue weighted by molar-refractivity contribution is 7.18. The van der Waals surface area contributed by atoms with Gasteiger partial charge in [0.15, 0.2) is 11.5 Å². The van der Waals surface area contributed by atoms with Crippen molar-refractivity contribution < 1.29 is 4.42 Å². The molecule has 0 aliphatic heterocycles. The van der Waals surface area contributed by atoms with Crippen LogP contribution in [-0.2, 0) is 12.8 Å². The minimum atomic E-state index is 0.767. The van der Waals surface area contributed by atoms with E-state index in [-0.39, 0.29) is 0 Å². The van der Waals surface area contributed by atoms with E-state index in [0.29, 0.717) is 0 Å². The van der Waals surface area contributed by atoms with Gasteiger partial charge in [-0.2, -0.15) is 0 Å². The number of hydrogen-bond donors (Lipinski definition) is 0. The third-order valence-corrected chi connectivity index (χ3v) is 5.31. The summed E-state index contributed by atoms with van der Waals surface area (Å²) in [6, 6.07) is 20.6. The smallest absolute Gasteiger partial charge is 0.195 e. The number of rotatable bonds is 3. The molecule has 0 aliphatic rings. The molecule has 0 aliphatic carbocycles. The lowest BCUT2D eigenvalue weighted by atomic mass is 10.1. The summed E-state index contributed by atoms with van der Waals surface area (Å²) >= 11 is 1.75. The van der Waals surface area contributed by atoms with Gasteiger partial charge in [0.05, 0.1) is 15.2 Å². The average molecular weight is 330 g/mol. The van der Waals surface area contributed by atoms with E-state index in [0.717, 1.165) is 45.7 Å². The van der Waals surface area contributed by atoms with Crippen molar-refractivity contribution in [1.29, 1.82) is 0 Å². The van der Waals surface area contributed by atoms with Gasteiger partial charge in [-0.3, -0.25) is 0 Å². The fourth-order valence-corrected chi connectivity index (χ4v) is 4.02. The molecule has 0 unspecified atom stereocenters. The van der Waals surface area contributed by atoms with Crippen molar-refractivity contribution in [3.05, 3.63) is 71.6 Å². The van der Waals surface area contributed by atoms with E-state index in [4.69, 9.17) is 4.42 Å². The first-order valence-electron chi connectivity index (χ1n) is 7.98. The van der Waals surface area contributed by atoms with Gasteiger partial charge in [0, 0.05) is 18.2 Å². The maximum Gasteiger partial charge on any atom is 0.195 e. The average Bonchev–Trinajstić information content (AvgIpc) is 3.23. The molecule has 0 saturated carbocycles. The Morgan fingerprint density at radius 2 is 1.67 bits per heavy atom. The molecular formula is C20H14N2OS. The zero-order chi connectivity index (χ0) is 15.9. The Morgan fingerprint density at radius 3 is 2.62 bits per heavy atom. The van der Waals surface area contributed by atoms with Crippen molar-refractivity contribution in [3.63, 3.8) is 0 Å². The van der Waals surface area contributed by atoms with Crippen molar-refractivity contribution in [2.45, 2.75) is 12.8 Å². The molecule has 24 heavy (non-hydrogen) atoms. The first kappa shape index (κ1) is 13.7. The minimum Gasteiger partial charge on any atom is -0.440 e. The topological polar surface area (TPSA) is 38.9 Å². The first-order chi connectivity index (χ1) is 11.9. The van der Waals surface area contributed by atoms with Crippen LogP contribution in [0.15, 0.2) is 65.1 Å². The highest BCUT2D eigenvalue weighted by Gasteiger charge is 2.10. The lowest BCUT2D eigenvalue weighted by Crippen LogP contribution is -1.90. The number of thiazole rings is 1. The number of aromatic nitrogens is 2. The van der Waals surface area contributed by atoms with Crippen molar-refractivity contribution in [2.24, 2.45) is 0 Å². The molecule has 0 amide bonds. The molecule has 0 atom stereocenters. The number of fused-ring (bicyclic) bond motifs is 4. The van der Waals surface area contributed by atoms with Gasteiger partial charge in [-0.25, -0.2) is 9.97 Å². The van der Waals surface area contributed by atoms with Crippen molar-refractivity contribution in [3.8, 4) is 0 Å². The van der Waals surface area contributed by atoms with Gasteiger partial charge in [-0.15, -0.1) is 11.3 Å². The van der Waals surface area contributed by atoms with Crippen molar-refractivity contribution in [1.82, 2.24) is 9.97 Å². The summed E-state index contributed by atoms with van der Waals surface area (Å²) < 4.78 is 7.28. The zero-order valence-electron chi connectivity index (χ0n) is 12.9. The Hall–Kier alpha value is -2.72. The Bertz CT molecular complexity index is 1140. The summed E-state index contributed by atoms with van der Waals surface area (Å²) in [6.45, 7) is 0. The number of benzene rings is 3. The monoisotopic (exact) mass is 330 g/mol. The number of hydrogen-bond acceptors (Lipinski definition) is 4. The molecule has 0 saturated heterocycles. The molecule has 2 heterocycles. The maximum absolute atomic E-state index is 6.04. The van der Waals surface area contributed by atoms with Crippen molar-refractivity contribution >= 4 is 43.4 Å². The largest absolute Gasteiger partial charge is 0.440 e. The Balaban J connectivity index is 1.47. The van der Waals surface area contributed by atoms with E-state index in [1.54, 1.807) is 11.3 Å². The molecule has 3 aromatic carbocycles. The molecule has 0 N–H and O–H groups in total. The molecule has 2 aromatic heterocycles. The molecule has 116 valence electrons. The summed E-state index contributed by atoms with van der Waals surface area (Å²) in [4.78, 5) is 9.32. The van der Waals surface area contributed by atoms with E-state index < -0.39 is 0 Å². The fraction of sp³-hybridized carbons (Fsp3) is 0.100. The van der Waals surface area contributed by atoms with E-state index in [2.05, 4.69) is 46.4 Å². The highest BCUT2D eigenvalue weighted by atomic mass is 32.1. The van der Waals surface area contributed by atoms with Crippen molar-refractivity contribution in [2.75, 3.05) is 0 Å². The summed E-state index contributed by atoms with van der Waals surface area (Å²) in [5.74, 6) is 0.778. The number of aryl methyl sites for hydroxylation is 2. The fourth-order valence-electron chi connectivity index (χ4n) is 3.05. The van der Waals surface area contributed by atoms with E-state index >= 15 is 0 Å². The summed E-state index contributed by atoms with van der Waals surface area (Å²) in [6.07, 6.45) is 1.62. The van der Waals surface area contributed by atoms with Gasteiger partial charge in [0.25, 0.3) is 0 Å². The van der Waals surface area contributed by atoms with Crippen LogP contribution in [0.4, 0.5) is 0 Å². The van der Waals surface area contributed by atoms with Gasteiger partial charge in [0.1, 0.15) is 5.52 Å². The highest BCUT2D eigenvalue weighted by Crippen LogP contribution is 2.27. The molecule has 0 fully saturated rings. The molecule has 5 rings (SSSR count). The molecular weight excluding hydrogens is 316 g/mol. The van der Waals surface area contributed by atoms with Crippen LogP contribution in [0.5, 0.6) is 0 Å². The van der Waals surface area contributed by atoms with Crippen LogP contribution in [0.1, 0.15) is 10.9 Å². The molecule has 0 radical (unpaired) electrons. The lowest BCUT2D eigenvalue weighted by molar-refractivity contribution is 0.530. The summed E-state index contributed by atoms with van der Waals surface area (Å²) in [5.41, 5.74) is 2.88. The Kier molecular flexibility index (Phi) is 3.10. The zero-order valence-corrected chi connectivity index (χ0v) is 13.7. The summed E-state index contributed by atoms with van der Waals surface area (Å²) in [7, 11) is 0. The molecule has 0 bridgehead atoms. The summed E-state index contributed by atoms with van der Waals surface area (Å²) in [5, 5.41) is 3.43. The van der Waals surface area contributed by atoms with Crippen LogP contribution in [-0.4, -0.2) is 9.97 Å². The van der Waals surface area contributed by atoms with Gasteiger partial charge >= 0.3 is 0 Å². The second-order valence-electron chi connectivity index (χ2n) is 5.82. The number of oxazole rings is 1. The SMILES string of the molecule is c1ccc2c(c1)ccc1nc(CCc3nc4ccccc4s3)oc12. The van der Waals surface area contributed by atoms with Crippen LogP contribution in [0, 0.1) is 0 Å². The van der Waals surface area contributed by atoms with E-state index in [1.165, 1.54) is 10.1 Å². The van der Waals surface area contributed by atoms with Crippen LogP contribution in [0.3, 0.4) is 0 Å². The van der Waals surface area contributed by atoms with Crippen LogP contribution in [0.2, 0.25) is 0 Å². The van der Waals surface area contributed by atoms with Crippen LogP contribution in [0.25, 0.3) is 32.1 Å². The third-order valence-electron chi connectivity index (χ3n) is 4.21. The molecule has 3 nitrogen and oxygen atoms in total. The standard InChI is InChI=1S/C20H14N2OS/c1-2-6-14-13(5-1)9-10-16-20(14)23-18(21-16)11-12-19-22-15-7-3-4-8-17(15)24-19/h1-10H,11-12H2. The van der Waals surface area contributed by atoms with Crippen LogP contribution < -0.4 is 0 Å². The maximum atomic E-state index is 6.04. The second-order valence-corrected chi connectivity index (χ2v) is 6.93. The predicted molar refractivity (Wildman–Crippen MR) is 98.5 cm³/mol. The van der Waals surface area contributed by atoms with Gasteiger partial charge < -0.3 is 4.42 Å². The van der Waals surface area contributed by atoms with E-state index in [9.17, 15) is 0 Å². The predicted octanol–water partition coefficient (Wildman–Crippen LogP) is 5.38. The lowest BCUT2D eigenvalue weighted by Gasteiger charge is -1.96. The second kappa shape index (κ2) is 5.42. The normalized spacial score (nSPS) is 11.7. The molecule has 5 aromatic rings. The Morgan fingerprint density at radius 1 is 0.792 bits per heavy atom. The van der Waals surface area contributed by atoms with E-state index in [1.807, 2.05) is 24.3 Å². The van der Waals surface area contributed by atoms with Crippen LogP contribution >= 0.6 is 11.3 Å². The number of nitrogens with zero attached hydrogens (tertiary/aromatic N) is 2. The quantitative estimate of drug-likeness (QED) is 0.446. The number of para-hydroxylation sites is 1.